The second-order valence-electron chi connectivity index (χ2n) is 3.02. The Morgan fingerprint density at radius 2 is 2.19 bits per heavy atom. The summed E-state index contributed by atoms with van der Waals surface area (Å²) in [6.45, 7) is 2.16. The monoisotopic (exact) mass is 221 g/mol. The van der Waals surface area contributed by atoms with Crippen LogP contribution in [0, 0.1) is 6.92 Å². The van der Waals surface area contributed by atoms with Crippen molar-refractivity contribution < 1.29 is 4.52 Å². The molecule has 8 heteroatoms. The maximum atomic E-state index is 5.22. The molecule has 0 aromatic carbocycles. The standard InChI is InChI=1S/C8H11N7O/c1-5-13-8(16-15-5)3-10-6-2-7(14-9)12-4-11-6/h2,4H,3,9H2,1H3,(H2,10,11,12,14). The van der Waals surface area contributed by atoms with Gasteiger partial charge < -0.3 is 15.3 Å². The van der Waals surface area contributed by atoms with Gasteiger partial charge in [0.25, 0.3) is 0 Å². The highest BCUT2D eigenvalue weighted by Gasteiger charge is 2.03. The van der Waals surface area contributed by atoms with Gasteiger partial charge in [-0.1, -0.05) is 5.16 Å². The third kappa shape index (κ3) is 2.42. The maximum Gasteiger partial charge on any atom is 0.245 e. The molecule has 0 fully saturated rings. The molecule has 0 aliphatic heterocycles. The molecule has 0 aliphatic carbocycles. The molecule has 0 spiro atoms. The molecular weight excluding hydrogens is 210 g/mol. The zero-order valence-electron chi connectivity index (χ0n) is 8.64. The van der Waals surface area contributed by atoms with Crippen molar-refractivity contribution in [2.75, 3.05) is 10.7 Å². The molecule has 2 heterocycles. The maximum absolute atomic E-state index is 5.22. The summed E-state index contributed by atoms with van der Waals surface area (Å²) in [4.78, 5) is 11.9. The molecule has 16 heavy (non-hydrogen) atoms. The summed E-state index contributed by atoms with van der Waals surface area (Å²) >= 11 is 0. The molecular formula is C8H11N7O. The predicted octanol–water partition coefficient (Wildman–Crippen LogP) is 0.0657. The average Bonchev–Trinajstić information content (AvgIpc) is 2.73. The van der Waals surface area contributed by atoms with Gasteiger partial charge in [-0.15, -0.1) is 0 Å². The highest BCUT2D eigenvalue weighted by Crippen LogP contribution is 2.08. The minimum atomic E-state index is 0.405. The topological polar surface area (TPSA) is 115 Å². The van der Waals surface area contributed by atoms with Gasteiger partial charge in [0, 0.05) is 6.07 Å². The van der Waals surface area contributed by atoms with Crippen LogP contribution in [0.1, 0.15) is 11.7 Å². The third-order valence-corrected chi connectivity index (χ3v) is 1.81. The Kier molecular flexibility index (Phi) is 2.92. The van der Waals surface area contributed by atoms with Crippen molar-refractivity contribution in [3.05, 3.63) is 24.1 Å². The molecule has 4 N–H and O–H groups in total. The fourth-order valence-electron chi connectivity index (χ4n) is 1.11. The van der Waals surface area contributed by atoms with Crippen LogP contribution in [-0.4, -0.2) is 20.1 Å². The van der Waals surface area contributed by atoms with Gasteiger partial charge in [-0.05, 0) is 6.92 Å². The Morgan fingerprint density at radius 1 is 1.38 bits per heavy atom. The number of nitrogens with two attached hydrogens (primary N) is 1. The number of aromatic nitrogens is 4. The van der Waals surface area contributed by atoms with Crippen LogP contribution in [0.15, 0.2) is 16.9 Å². The Bertz CT molecular complexity index is 469. The van der Waals surface area contributed by atoms with Gasteiger partial charge >= 0.3 is 0 Å². The Hall–Kier alpha value is -2.22. The number of nitrogen functional groups attached to an aromatic ring is 1. The first kappa shape index (κ1) is 10.3. The number of anilines is 2. The number of rotatable bonds is 4. The third-order valence-electron chi connectivity index (χ3n) is 1.81. The van der Waals surface area contributed by atoms with Crippen molar-refractivity contribution in [1.29, 1.82) is 0 Å². The van der Waals surface area contributed by atoms with Gasteiger partial charge in [0.15, 0.2) is 5.82 Å². The molecule has 0 radical (unpaired) electrons. The zero-order valence-corrected chi connectivity index (χ0v) is 8.64. The minimum Gasteiger partial charge on any atom is -0.361 e. The molecule has 0 amide bonds. The lowest BCUT2D eigenvalue weighted by Crippen LogP contribution is -2.10. The van der Waals surface area contributed by atoms with E-state index in [0.717, 1.165) is 0 Å². The smallest absolute Gasteiger partial charge is 0.245 e. The first-order valence-electron chi connectivity index (χ1n) is 4.59. The second kappa shape index (κ2) is 4.53. The minimum absolute atomic E-state index is 0.405. The van der Waals surface area contributed by atoms with Gasteiger partial charge in [0.2, 0.25) is 5.89 Å². The van der Waals surface area contributed by atoms with E-state index in [1.165, 1.54) is 6.33 Å². The fourth-order valence-corrected chi connectivity index (χ4v) is 1.11. The van der Waals surface area contributed by atoms with Crippen LogP contribution in [0.25, 0.3) is 0 Å². The van der Waals surface area contributed by atoms with Crippen molar-refractivity contribution >= 4 is 11.6 Å². The van der Waals surface area contributed by atoms with Crippen LogP contribution < -0.4 is 16.6 Å². The van der Waals surface area contributed by atoms with E-state index in [1.54, 1.807) is 13.0 Å². The summed E-state index contributed by atoms with van der Waals surface area (Å²) in [6.07, 6.45) is 1.40. The predicted molar refractivity (Wildman–Crippen MR) is 56.2 cm³/mol. The lowest BCUT2D eigenvalue weighted by atomic mass is 10.5. The van der Waals surface area contributed by atoms with Crippen molar-refractivity contribution in [1.82, 2.24) is 20.1 Å². The van der Waals surface area contributed by atoms with Crippen LogP contribution in [0.2, 0.25) is 0 Å². The van der Waals surface area contributed by atoms with Gasteiger partial charge in [-0.2, -0.15) is 4.98 Å². The van der Waals surface area contributed by atoms with Crippen LogP contribution in [0.4, 0.5) is 11.6 Å². The number of nitrogens with one attached hydrogen (secondary N) is 2. The van der Waals surface area contributed by atoms with E-state index < -0.39 is 0 Å². The van der Waals surface area contributed by atoms with E-state index in [9.17, 15) is 0 Å². The number of hydrogen-bond donors (Lipinski definition) is 3. The quantitative estimate of drug-likeness (QED) is 0.490. The fraction of sp³-hybridized carbons (Fsp3) is 0.250. The first-order chi connectivity index (χ1) is 7.78. The van der Waals surface area contributed by atoms with E-state index >= 15 is 0 Å². The largest absolute Gasteiger partial charge is 0.361 e. The molecule has 0 saturated carbocycles. The summed E-state index contributed by atoms with van der Waals surface area (Å²) in [7, 11) is 0. The molecule has 0 bridgehead atoms. The van der Waals surface area contributed by atoms with E-state index in [-0.39, 0.29) is 0 Å². The summed E-state index contributed by atoms with van der Waals surface area (Å²) in [5, 5.41) is 6.68. The SMILES string of the molecule is Cc1noc(CNc2cc(NN)ncn2)n1. The Morgan fingerprint density at radius 3 is 2.88 bits per heavy atom. The number of hydrogen-bond acceptors (Lipinski definition) is 8. The lowest BCUT2D eigenvalue weighted by molar-refractivity contribution is 0.379. The van der Waals surface area contributed by atoms with Crippen molar-refractivity contribution in [2.45, 2.75) is 13.5 Å². The summed E-state index contributed by atoms with van der Waals surface area (Å²) in [6, 6.07) is 1.67. The van der Waals surface area contributed by atoms with Crippen LogP contribution >= 0.6 is 0 Å². The highest BCUT2D eigenvalue weighted by atomic mass is 16.5. The van der Waals surface area contributed by atoms with Crippen molar-refractivity contribution in [3.8, 4) is 0 Å². The molecule has 2 aromatic heterocycles. The van der Waals surface area contributed by atoms with Crippen molar-refractivity contribution in [2.24, 2.45) is 5.84 Å². The summed E-state index contributed by atoms with van der Waals surface area (Å²) in [5.74, 6) is 7.47. The van der Waals surface area contributed by atoms with Crippen LogP contribution in [0.3, 0.4) is 0 Å². The highest BCUT2D eigenvalue weighted by molar-refractivity contribution is 5.45. The molecule has 0 aliphatic rings. The first-order valence-corrected chi connectivity index (χ1v) is 4.59. The Balaban J connectivity index is 1.99. The molecule has 0 atom stereocenters. The summed E-state index contributed by atoms with van der Waals surface area (Å²) < 4.78 is 4.94. The van der Waals surface area contributed by atoms with Crippen LogP contribution in [0.5, 0.6) is 0 Å². The second-order valence-corrected chi connectivity index (χ2v) is 3.02. The normalized spacial score (nSPS) is 10.1. The molecule has 2 aromatic rings. The molecule has 8 nitrogen and oxygen atoms in total. The van der Waals surface area contributed by atoms with Gasteiger partial charge in [-0.25, -0.2) is 15.8 Å². The molecule has 0 unspecified atom stereocenters. The van der Waals surface area contributed by atoms with E-state index in [0.29, 0.717) is 29.9 Å². The molecule has 0 saturated heterocycles. The van der Waals surface area contributed by atoms with Crippen LogP contribution in [-0.2, 0) is 6.54 Å². The van der Waals surface area contributed by atoms with E-state index in [4.69, 9.17) is 10.4 Å². The van der Waals surface area contributed by atoms with Gasteiger partial charge in [0.1, 0.15) is 18.0 Å². The van der Waals surface area contributed by atoms with Gasteiger partial charge in [0.05, 0.1) is 6.54 Å². The lowest BCUT2D eigenvalue weighted by Gasteiger charge is -2.03. The number of hydrazine groups is 1. The Labute approximate surface area is 91.3 Å². The van der Waals surface area contributed by atoms with E-state index in [2.05, 4.69) is 30.9 Å². The zero-order chi connectivity index (χ0) is 11.4. The van der Waals surface area contributed by atoms with Crippen molar-refractivity contribution in [3.63, 3.8) is 0 Å². The number of nitrogens with zero attached hydrogens (tertiary/aromatic N) is 4. The molecule has 84 valence electrons. The van der Waals surface area contributed by atoms with E-state index in [1.807, 2.05) is 0 Å². The number of aryl methyl sites for hydroxylation is 1. The average molecular weight is 221 g/mol. The molecule has 2 rings (SSSR count). The van der Waals surface area contributed by atoms with Gasteiger partial charge in [-0.3, -0.25) is 0 Å². The summed E-state index contributed by atoms with van der Waals surface area (Å²) in [5.41, 5.74) is 2.43.